The van der Waals surface area contributed by atoms with Gasteiger partial charge in [-0.25, -0.2) is 9.48 Å². The number of benzene rings is 1. The van der Waals surface area contributed by atoms with E-state index in [0.29, 0.717) is 53.7 Å². The molecule has 0 amide bonds. The Balaban J connectivity index is 2.13. The third-order valence-electron chi connectivity index (χ3n) is 5.16. The fourth-order valence-corrected chi connectivity index (χ4v) is 4.90. The average Bonchev–Trinajstić information content (AvgIpc) is 3.21. The number of nitrogens with zero attached hydrogens (tertiary/aromatic N) is 3. The quantitative estimate of drug-likeness (QED) is 0.195. The molecule has 2 aromatic rings. The Morgan fingerprint density at radius 1 is 1.18 bits per heavy atom. The van der Waals surface area contributed by atoms with Crippen LogP contribution in [0.1, 0.15) is 65.5 Å². The smallest absolute Gasteiger partial charge is 0.338 e. The minimum absolute atomic E-state index is 0.365. The van der Waals surface area contributed by atoms with E-state index in [2.05, 4.69) is 40.1 Å². The maximum atomic E-state index is 13.3. The first-order chi connectivity index (χ1) is 16.4. The zero-order valence-electron chi connectivity index (χ0n) is 20.4. The molecular weight excluding hydrogens is 520 g/mol. The van der Waals surface area contributed by atoms with Crippen molar-refractivity contribution < 1.29 is 19.0 Å². The number of hydrogen-bond acceptors (Lipinski definition) is 8. The molecule has 2 heterocycles. The number of aromatic nitrogens is 3. The molecule has 10 heteroatoms. The normalized spacial score (nSPS) is 15.1. The third-order valence-corrected chi connectivity index (χ3v) is 6.79. The van der Waals surface area contributed by atoms with Gasteiger partial charge in [0.15, 0.2) is 11.5 Å². The van der Waals surface area contributed by atoms with Crippen LogP contribution in [0.4, 0.5) is 5.95 Å². The first-order valence-electron chi connectivity index (χ1n) is 11.8. The first kappa shape index (κ1) is 26.4. The molecule has 1 unspecified atom stereocenters. The first-order valence-corrected chi connectivity index (χ1v) is 13.6. The second-order valence-corrected chi connectivity index (χ2v) is 9.68. The second-order valence-electron chi connectivity index (χ2n) is 7.76. The third kappa shape index (κ3) is 5.89. The number of fused-ring (bicyclic) bond motifs is 1. The molecule has 34 heavy (non-hydrogen) atoms. The lowest BCUT2D eigenvalue weighted by Crippen LogP contribution is -2.30. The highest BCUT2D eigenvalue weighted by Crippen LogP contribution is 2.43. The Kier molecular flexibility index (Phi) is 9.70. The summed E-state index contributed by atoms with van der Waals surface area (Å²) in [4.78, 5) is 17.9. The van der Waals surface area contributed by atoms with Gasteiger partial charge in [0, 0.05) is 11.4 Å². The summed E-state index contributed by atoms with van der Waals surface area (Å²) in [5.41, 5.74) is 2.01. The number of anilines is 1. The van der Waals surface area contributed by atoms with Crippen LogP contribution in [0.5, 0.6) is 11.5 Å². The highest BCUT2D eigenvalue weighted by molar-refractivity contribution is 9.10. The standard InChI is InChI=1S/C24H33BrN4O4S/c1-6-10-11-33-22(30)19-15(5)26-23-27-24(34-12-7-2)28-29(23)20(19)16-13-17(25)21(32-9-4)18(14-16)31-8-3/h13-14,20H,6-12H2,1-5H3,(H,26,27,28). The SMILES string of the molecule is CCCCOC(=O)C1=C(C)Nc2nc(SCCC)nn2C1c1cc(Br)c(OCC)c(OCC)c1. The molecule has 1 aromatic carbocycles. The van der Waals surface area contributed by atoms with Crippen molar-refractivity contribution in [3.8, 4) is 11.5 Å². The van der Waals surface area contributed by atoms with Crippen LogP contribution in [0.25, 0.3) is 0 Å². The number of halogens is 1. The van der Waals surface area contributed by atoms with Crippen molar-refractivity contribution in [2.75, 3.05) is 30.9 Å². The Morgan fingerprint density at radius 3 is 2.62 bits per heavy atom. The van der Waals surface area contributed by atoms with Crippen LogP contribution >= 0.6 is 27.7 Å². The van der Waals surface area contributed by atoms with Crippen LogP contribution in [0.3, 0.4) is 0 Å². The van der Waals surface area contributed by atoms with Crippen LogP contribution in [0.15, 0.2) is 33.0 Å². The lowest BCUT2D eigenvalue weighted by Gasteiger charge is -2.29. The van der Waals surface area contributed by atoms with Crippen LogP contribution < -0.4 is 14.8 Å². The minimum atomic E-state index is -0.528. The van der Waals surface area contributed by atoms with Gasteiger partial charge < -0.3 is 19.5 Å². The van der Waals surface area contributed by atoms with Gasteiger partial charge in [-0.15, -0.1) is 5.10 Å². The number of carbonyl (C=O) groups is 1. The molecule has 0 saturated heterocycles. The largest absolute Gasteiger partial charge is 0.490 e. The fraction of sp³-hybridized carbons (Fsp3) is 0.542. The molecule has 0 fully saturated rings. The summed E-state index contributed by atoms with van der Waals surface area (Å²) in [6, 6.07) is 3.33. The van der Waals surface area contributed by atoms with E-state index < -0.39 is 6.04 Å². The van der Waals surface area contributed by atoms with Gasteiger partial charge in [0.05, 0.1) is 29.9 Å². The highest BCUT2D eigenvalue weighted by atomic mass is 79.9. The number of unbranched alkanes of at least 4 members (excludes halogenated alkanes) is 1. The number of hydrogen-bond donors (Lipinski definition) is 1. The van der Waals surface area contributed by atoms with E-state index in [-0.39, 0.29) is 5.97 Å². The molecule has 0 spiro atoms. The molecule has 0 bridgehead atoms. The number of thioether (sulfide) groups is 1. The van der Waals surface area contributed by atoms with Crippen LogP contribution in [0, 0.1) is 0 Å². The lowest BCUT2D eigenvalue weighted by molar-refractivity contribution is -0.139. The summed E-state index contributed by atoms with van der Waals surface area (Å²) >= 11 is 5.23. The molecular formula is C24H33BrN4O4S. The van der Waals surface area contributed by atoms with E-state index in [9.17, 15) is 4.79 Å². The topological polar surface area (TPSA) is 87.5 Å². The summed E-state index contributed by atoms with van der Waals surface area (Å²) < 4.78 is 19.8. The summed E-state index contributed by atoms with van der Waals surface area (Å²) in [6.07, 6.45) is 2.77. The molecule has 186 valence electrons. The zero-order valence-corrected chi connectivity index (χ0v) is 22.8. The average molecular weight is 554 g/mol. The summed E-state index contributed by atoms with van der Waals surface area (Å²) in [5, 5.41) is 8.67. The maximum Gasteiger partial charge on any atom is 0.338 e. The molecule has 1 atom stereocenters. The van der Waals surface area contributed by atoms with Gasteiger partial charge in [-0.05, 0) is 67.2 Å². The van der Waals surface area contributed by atoms with Crippen molar-refractivity contribution in [3.63, 3.8) is 0 Å². The molecule has 0 aliphatic carbocycles. The number of carbonyl (C=O) groups excluding carboxylic acids is 1. The van der Waals surface area contributed by atoms with Gasteiger partial charge in [-0.3, -0.25) is 0 Å². The predicted molar refractivity (Wildman–Crippen MR) is 138 cm³/mol. The lowest BCUT2D eigenvalue weighted by atomic mass is 9.95. The Hall–Kier alpha value is -2.20. The summed E-state index contributed by atoms with van der Waals surface area (Å²) in [6.45, 7) is 11.3. The van der Waals surface area contributed by atoms with E-state index in [0.717, 1.165) is 35.1 Å². The molecule has 0 radical (unpaired) electrons. The van der Waals surface area contributed by atoms with Crippen LogP contribution in [0.2, 0.25) is 0 Å². The van der Waals surface area contributed by atoms with Crippen molar-refractivity contribution >= 4 is 39.6 Å². The van der Waals surface area contributed by atoms with Gasteiger partial charge in [-0.1, -0.05) is 32.0 Å². The van der Waals surface area contributed by atoms with Crippen molar-refractivity contribution in [1.82, 2.24) is 14.8 Å². The van der Waals surface area contributed by atoms with E-state index in [1.807, 2.05) is 32.9 Å². The molecule has 1 aromatic heterocycles. The van der Waals surface area contributed by atoms with Crippen molar-refractivity contribution in [3.05, 3.63) is 33.4 Å². The highest BCUT2D eigenvalue weighted by Gasteiger charge is 2.36. The predicted octanol–water partition coefficient (Wildman–Crippen LogP) is 5.97. The number of esters is 1. The molecule has 0 saturated carbocycles. The molecule has 1 N–H and O–H groups in total. The van der Waals surface area contributed by atoms with Crippen LogP contribution in [-0.2, 0) is 9.53 Å². The zero-order chi connectivity index (χ0) is 24.7. The maximum absolute atomic E-state index is 13.3. The summed E-state index contributed by atoms with van der Waals surface area (Å²) in [7, 11) is 0. The Labute approximate surface area is 214 Å². The minimum Gasteiger partial charge on any atom is -0.490 e. The molecule has 1 aliphatic rings. The van der Waals surface area contributed by atoms with Crippen molar-refractivity contribution in [1.29, 1.82) is 0 Å². The number of ether oxygens (including phenoxy) is 3. The van der Waals surface area contributed by atoms with Gasteiger partial charge in [0.2, 0.25) is 11.1 Å². The van der Waals surface area contributed by atoms with Crippen molar-refractivity contribution in [2.45, 2.75) is 65.1 Å². The summed E-state index contributed by atoms with van der Waals surface area (Å²) in [5.74, 6) is 2.37. The Morgan fingerprint density at radius 2 is 1.94 bits per heavy atom. The molecule has 3 rings (SSSR count). The monoisotopic (exact) mass is 552 g/mol. The van der Waals surface area contributed by atoms with Crippen molar-refractivity contribution in [2.24, 2.45) is 0 Å². The van der Waals surface area contributed by atoms with E-state index in [4.69, 9.17) is 19.3 Å². The van der Waals surface area contributed by atoms with Crippen LogP contribution in [-0.4, -0.2) is 46.3 Å². The number of allylic oxidation sites excluding steroid dienone is 1. The van der Waals surface area contributed by atoms with Gasteiger partial charge in [0.1, 0.15) is 6.04 Å². The van der Waals surface area contributed by atoms with Gasteiger partial charge >= 0.3 is 5.97 Å². The molecule has 1 aliphatic heterocycles. The Bertz CT molecular complexity index is 1040. The van der Waals surface area contributed by atoms with Gasteiger partial charge in [0.25, 0.3) is 0 Å². The number of nitrogens with one attached hydrogen (secondary N) is 1. The van der Waals surface area contributed by atoms with Gasteiger partial charge in [-0.2, -0.15) is 4.98 Å². The molecule has 8 nitrogen and oxygen atoms in total. The van der Waals surface area contributed by atoms with E-state index in [1.165, 1.54) is 0 Å². The van der Waals surface area contributed by atoms with E-state index in [1.54, 1.807) is 16.4 Å². The van der Waals surface area contributed by atoms with E-state index >= 15 is 0 Å². The fourth-order valence-electron chi connectivity index (χ4n) is 3.64. The number of rotatable bonds is 12. The second kappa shape index (κ2) is 12.5.